The SMILES string of the molecule is COc1cc(Cl)cc(CNNC(=O)OC(C)(C)C)c1O. The van der Waals surface area contributed by atoms with E-state index in [4.69, 9.17) is 21.1 Å². The Labute approximate surface area is 123 Å². The van der Waals surface area contributed by atoms with Crippen LogP contribution in [0, 0.1) is 0 Å². The van der Waals surface area contributed by atoms with Crippen molar-refractivity contribution in [3.05, 3.63) is 22.7 Å². The second-order valence-electron chi connectivity index (χ2n) is 5.10. The predicted molar refractivity (Wildman–Crippen MR) is 75.9 cm³/mol. The van der Waals surface area contributed by atoms with Crippen LogP contribution < -0.4 is 15.6 Å². The molecule has 0 aliphatic rings. The first-order valence-corrected chi connectivity index (χ1v) is 6.38. The molecule has 1 amide bonds. The molecular formula is C13H19ClN2O4. The van der Waals surface area contributed by atoms with Crippen molar-refractivity contribution in [3.8, 4) is 11.5 Å². The smallest absolute Gasteiger partial charge is 0.422 e. The molecule has 7 heteroatoms. The number of aromatic hydroxyl groups is 1. The Bertz CT molecular complexity index is 486. The number of benzene rings is 1. The molecular weight excluding hydrogens is 284 g/mol. The fourth-order valence-electron chi connectivity index (χ4n) is 1.43. The highest BCUT2D eigenvalue weighted by Gasteiger charge is 2.16. The predicted octanol–water partition coefficient (Wildman–Crippen LogP) is 2.58. The molecule has 112 valence electrons. The van der Waals surface area contributed by atoms with Crippen LogP contribution in [0.5, 0.6) is 11.5 Å². The molecule has 1 aromatic carbocycles. The van der Waals surface area contributed by atoms with E-state index < -0.39 is 11.7 Å². The minimum atomic E-state index is -0.606. The van der Waals surface area contributed by atoms with Crippen LogP contribution in [-0.2, 0) is 11.3 Å². The van der Waals surface area contributed by atoms with E-state index >= 15 is 0 Å². The van der Waals surface area contributed by atoms with Crippen molar-refractivity contribution in [1.82, 2.24) is 10.9 Å². The number of nitrogens with one attached hydrogen (secondary N) is 2. The van der Waals surface area contributed by atoms with Gasteiger partial charge in [-0.3, -0.25) is 5.43 Å². The van der Waals surface area contributed by atoms with E-state index in [1.807, 2.05) is 0 Å². The molecule has 1 aromatic rings. The summed E-state index contributed by atoms with van der Waals surface area (Å²) in [5.41, 5.74) is 4.93. The molecule has 0 unspecified atom stereocenters. The van der Waals surface area contributed by atoms with Gasteiger partial charge in [-0.25, -0.2) is 10.2 Å². The highest BCUT2D eigenvalue weighted by Crippen LogP contribution is 2.33. The van der Waals surface area contributed by atoms with E-state index in [2.05, 4.69) is 10.9 Å². The van der Waals surface area contributed by atoms with Crippen LogP contribution in [0.3, 0.4) is 0 Å². The lowest BCUT2D eigenvalue weighted by Gasteiger charge is -2.20. The number of methoxy groups -OCH3 is 1. The topological polar surface area (TPSA) is 79.8 Å². The number of hydrazine groups is 1. The van der Waals surface area contributed by atoms with Crippen molar-refractivity contribution in [2.24, 2.45) is 0 Å². The van der Waals surface area contributed by atoms with Gasteiger partial charge in [0.1, 0.15) is 5.60 Å². The molecule has 0 saturated heterocycles. The molecule has 0 fully saturated rings. The minimum absolute atomic E-state index is 0.0320. The first-order chi connectivity index (χ1) is 9.23. The molecule has 0 heterocycles. The van der Waals surface area contributed by atoms with E-state index in [1.165, 1.54) is 13.2 Å². The summed E-state index contributed by atoms with van der Waals surface area (Å²) in [6.45, 7) is 5.46. The molecule has 20 heavy (non-hydrogen) atoms. The van der Waals surface area contributed by atoms with Crippen molar-refractivity contribution in [2.45, 2.75) is 32.9 Å². The lowest BCUT2D eigenvalue weighted by Crippen LogP contribution is -2.40. The second kappa shape index (κ2) is 6.67. The average Bonchev–Trinajstić information content (AvgIpc) is 2.30. The van der Waals surface area contributed by atoms with Gasteiger partial charge in [0.25, 0.3) is 0 Å². The number of amides is 1. The largest absolute Gasteiger partial charge is 0.504 e. The number of phenols is 1. The molecule has 0 bridgehead atoms. The maximum Gasteiger partial charge on any atom is 0.422 e. The summed E-state index contributed by atoms with van der Waals surface area (Å²) in [4.78, 5) is 11.4. The third-order valence-electron chi connectivity index (χ3n) is 2.21. The van der Waals surface area contributed by atoms with Crippen molar-refractivity contribution in [3.63, 3.8) is 0 Å². The summed E-state index contributed by atoms with van der Waals surface area (Å²) in [7, 11) is 1.43. The number of halogens is 1. The van der Waals surface area contributed by atoms with Crippen molar-refractivity contribution in [2.75, 3.05) is 7.11 Å². The fourth-order valence-corrected chi connectivity index (χ4v) is 1.66. The summed E-state index contributed by atoms with van der Waals surface area (Å²) in [5.74, 6) is 0.238. The Hall–Kier alpha value is -1.66. The van der Waals surface area contributed by atoms with Crippen LogP contribution in [0.1, 0.15) is 26.3 Å². The van der Waals surface area contributed by atoms with Gasteiger partial charge in [0, 0.05) is 23.2 Å². The standard InChI is InChI=1S/C13H19ClN2O4/c1-13(2,3)20-12(18)16-15-7-8-5-9(14)6-10(19-4)11(8)17/h5-6,15,17H,7H2,1-4H3,(H,16,18). The van der Waals surface area contributed by atoms with Gasteiger partial charge in [0.05, 0.1) is 7.11 Å². The first-order valence-electron chi connectivity index (χ1n) is 6.00. The Kier molecular flexibility index (Phi) is 5.47. The highest BCUT2D eigenvalue weighted by molar-refractivity contribution is 6.30. The van der Waals surface area contributed by atoms with Crippen LogP contribution >= 0.6 is 11.6 Å². The van der Waals surface area contributed by atoms with Crippen LogP contribution in [-0.4, -0.2) is 23.9 Å². The van der Waals surface area contributed by atoms with Crippen LogP contribution in [0.2, 0.25) is 5.02 Å². The number of carbonyl (C=O) groups excluding carboxylic acids is 1. The van der Waals surface area contributed by atoms with Crippen molar-refractivity contribution >= 4 is 17.7 Å². The highest BCUT2D eigenvalue weighted by atomic mass is 35.5. The van der Waals surface area contributed by atoms with E-state index in [9.17, 15) is 9.90 Å². The van der Waals surface area contributed by atoms with Crippen molar-refractivity contribution < 1.29 is 19.4 Å². The molecule has 6 nitrogen and oxygen atoms in total. The molecule has 0 saturated carbocycles. The quantitative estimate of drug-likeness (QED) is 0.745. The summed E-state index contributed by atoms with van der Waals surface area (Å²) in [6, 6.07) is 3.07. The summed E-state index contributed by atoms with van der Waals surface area (Å²) in [6.07, 6.45) is -0.606. The molecule has 1 rings (SSSR count). The third-order valence-corrected chi connectivity index (χ3v) is 2.42. The average molecular weight is 303 g/mol. The lowest BCUT2D eigenvalue weighted by molar-refractivity contribution is 0.0496. The minimum Gasteiger partial charge on any atom is -0.504 e. The van der Waals surface area contributed by atoms with E-state index in [0.29, 0.717) is 10.6 Å². The monoisotopic (exact) mass is 302 g/mol. The Balaban J connectivity index is 2.58. The van der Waals surface area contributed by atoms with E-state index in [1.54, 1.807) is 26.8 Å². The molecule has 0 aliphatic carbocycles. The number of hydrogen-bond acceptors (Lipinski definition) is 5. The van der Waals surface area contributed by atoms with Crippen LogP contribution in [0.4, 0.5) is 4.79 Å². The fraction of sp³-hybridized carbons (Fsp3) is 0.462. The van der Waals surface area contributed by atoms with Gasteiger partial charge in [-0.05, 0) is 26.8 Å². The van der Waals surface area contributed by atoms with Gasteiger partial charge < -0.3 is 14.6 Å². The van der Waals surface area contributed by atoms with Gasteiger partial charge in [0.15, 0.2) is 11.5 Å². The Morgan fingerprint density at radius 2 is 2.05 bits per heavy atom. The summed E-state index contributed by atoms with van der Waals surface area (Å²) >= 11 is 5.90. The maximum atomic E-state index is 11.4. The normalized spacial score (nSPS) is 11.1. The first kappa shape index (κ1) is 16.4. The van der Waals surface area contributed by atoms with Gasteiger partial charge in [-0.2, -0.15) is 0 Å². The van der Waals surface area contributed by atoms with E-state index in [-0.39, 0.29) is 18.0 Å². The van der Waals surface area contributed by atoms with Gasteiger partial charge >= 0.3 is 6.09 Å². The molecule has 0 spiro atoms. The Morgan fingerprint density at radius 3 is 2.60 bits per heavy atom. The number of hydrogen-bond donors (Lipinski definition) is 3. The van der Waals surface area contributed by atoms with Crippen LogP contribution in [0.15, 0.2) is 12.1 Å². The zero-order valence-electron chi connectivity index (χ0n) is 11.9. The molecule has 0 aromatic heterocycles. The maximum absolute atomic E-state index is 11.4. The summed E-state index contributed by atoms with van der Waals surface area (Å²) in [5, 5.41) is 10.3. The zero-order valence-corrected chi connectivity index (χ0v) is 12.7. The van der Waals surface area contributed by atoms with Gasteiger partial charge in [0.2, 0.25) is 0 Å². The van der Waals surface area contributed by atoms with Crippen molar-refractivity contribution in [1.29, 1.82) is 0 Å². The van der Waals surface area contributed by atoms with Crippen LogP contribution in [0.25, 0.3) is 0 Å². The molecule has 0 atom stereocenters. The Morgan fingerprint density at radius 1 is 1.40 bits per heavy atom. The lowest BCUT2D eigenvalue weighted by atomic mass is 10.2. The van der Waals surface area contributed by atoms with E-state index in [0.717, 1.165) is 0 Å². The molecule has 0 radical (unpaired) electrons. The molecule has 3 N–H and O–H groups in total. The number of ether oxygens (including phenoxy) is 2. The molecule has 0 aliphatic heterocycles. The van der Waals surface area contributed by atoms with Gasteiger partial charge in [-0.1, -0.05) is 11.6 Å². The number of rotatable bonds is 4. The number of phenolic OH excluding ortho intramolecular Hbond substituents is 1. The van der Waals surface area contributed by atoms with Gasteiger partial charge in [-0.15, -0.1) is 0 Å². The zero-order chi connectivity index (χ0) is 15.3. The number of carbonyl (C=O) groups is 1. The summed E-state index contributed by atoms with van der Waals surface area (Å²) < 4.78 is 10.0. The second-order valence-corrected chi connectivity index (χ2v) is 5.53. The third kappa shape index (κ3) is 5.14.